The fourth-order valence-electron chi connectivity index (χ4n) is 2.18. The Balaban J connectivity index is 1.66. The maximum absolute atomic E-state index is 11.9. The van der Waals surface area contributed by atoms with Gasteiger partial charge in [0.05, 0.1) is 11.8 Å². The highest BCUT2D eigenvalue weighted by Crippen LogP contribution is 2.09. The topological polar surface area (TPSA) is 103 Å². The van der Waals surface area contributed by atoms with E-state index in [2.05, 4.69) is 20.8 Å². The summed E-state index contributed by atoms with van der Waals surface area (Å²) >= 11 is 0. The predicted molar refractivity (Wildman–Crippen MR) is 95.4 cm³/mol. The van der Waals surface area contributed by atoms with Gasteiger partial charge >= 0.3 is 11.8 Å². The molecule has 0 fully saturated rings. The number of aromatic nitrogens is 1. The van der Waals surface area contributed by atoms with E-state index in [0.29, 0.717) is 11.2 Å². The number of carbonyl (C=O) groups excluding carboxylic acids is 2. The van der Waals surface area contributed by atoms with E-state index < -0.39 is 11.8 Å². The lowest BCUT2D eigenvalue weighted by Gasteiger charge is -2.03. The number of rotatable bonds is 3. The van der Waals surface area contributed by atoms with Crippen molar-refractivity contribution in [2.24, 2.45) is 5.10 Å². The van der Waals surface area contributed by atoms with Crippen molar-refractivity contribution in [3.05, 3.63) is 76.6 Å². The predicted octanol–water partition coefficient (Wildman–Crippen LogP) is 1.62. The summed E-state index contributed by atoms with van der Waals surface area (Å²) in [6, 6.07) is 17.5. The zero-order valence-corrected chi connectivity index (χ0v) is 13.0. The number of pyridine rings is 1. The number of hydrogen-bond acceptors (Lipinski definition) is 4. The van der Waals surface area contributed by atoms with Crippen LogP contribution in [0.2, 0.25) is 0 Å². The summed E-state index contributed by atoms with van der Waals surface area (Å²) in [5.41, 5.74) is 3.22. The molecule has 2 aromatic carbocycles. The van der Waals surface area contributed by atoms with Gasteiger partial charge in [0.1, 0.15) is 0 Å². The lowest BCUT2D eigenvalue weighted by atomic mass is 10.2. The second-order valence-corrected chi connectivity index (χ2v) is 5.16. The molecule has 0 bridgehead atoms. The zero-order valence-electron chi connectivity index (χ0n) is 13.0. The molecule has 0 saturated carbocycles. The van der Waals surface area contributed by atoms with E-state index >= 15 is 0 Å². The number of H-pyrrole nitrogens is 1. The normalized spacial score (nSPS) is 10.7. The van der Waals surface area contributed by atoms with Gasteiger partial charge in [0, 0.05) is 11.2 Å². The molecule has 7 nitrogen and oxygen atoms in total. The summed E-state index contributed by atoms with van der Waals surface area (Å²) in [5, 5.41) is 6.93. The standard InChI is InChI=1S/C18H14N4O3/c23-16-13(10-12-6-4-5-9-15(12)21-16)11-19-22-18(25)17(24)20-14-7-2-1-3-8-14/h1-11H,(H,20,24)(H,21,23)(H,22,25)/b19-11-. The first-order valence-corrected chi connectivity index (χ1v) is 7.45. The second kappa shape index (κ2) is 7.22. The van der Waals surface area contributed by atoms with E-state index in [-0.39, 0.29) is 11.1 Å². The number of anilines is 1. The van der Waals surface area contributed by atoms with E-state index in [9.17, 15) is 14.4 Å². The van der Waals surface area contributed by atoms with E-state index in [0.717, 1.165) is 5.39 Å². The average molecular weight is 334 g/mol. The van der Waals surface area contributed by atoms with Crippen LogP contribution in [0, 0.1) is 0 Å². The third kappa shape index (κ3) is 3.97. The molecule has 3 rings (SSSR count). The van der Waals surface area contributed by atoms with Crippen LogP contribution in [0.3, 0.4) is 0 Å². The Hall–Kier alpha value is -3.74. The Bertz CT molecular complexity index is 1010. The van der Waals surface area contributed by atoms with Crippen LogP contribution in [0.5, 0.6) is 0 Å². The van der Waals surface area contributed by atoms with Crippen LogP contribution < -0.4 is 16.3 Å². The number of hydrogen-bond donors (Lipinski definition) is 3. The van der Waals surface area contributed by atoms with Crippen LogP contribution in [0.1, 0.15) is 5.56 Å². The van der Waals surface area contributed by atoms with Crippen molar-refractivity contribution in [1.29, 1.82) is 0 Å². The van der Waals surface area contributed by atoms with Crippen LogP contribution >= 0.6 is 0 Å². The fourth-order valence-corrected chi connectivity index (χ4v) is 2.18. The second-order valence-electron chi connectivity index (χ2n) is 5.16. The molecule has 124 valence electrons. The molecule has 1 heterocycles. The number of carbonyl (C=O) groups is 2. The summed E-state index contributed by atoms with van der Waals surface area (Å²) in [4.78, 5) is 38.1. The van der Waals surface area contributed by atoms with E-state index in [4.69, 9.17) is 0 Å². The van der Waals surface area contributed by atoms with Crippen LogP contribution in [-0.4, -0.2) is 23.0 Å². The summed E-state index contributed by atoms with van der Waals surface area (Å²) in [5.74, 6) is -1.78. The number of para-hydroxylation sites is 2. The molecule has 2 amide bonds. The summed E-state index contributed by atoms with van der Waals surface area (Å²) < 4.78 is 0. The number of aromatic amines is 1. The molecule has 3 aromatic rings. The first-order chi connectivity index (χ1) is 12.1. The molecule has 0 radical (unpaired) electrons. The molecule has 7 heteroatoms. The molecule has 0 aliphatic carbocycles. The fraction of sp³-hybridized carbons (Fsp3) is 0. The molecule has 0 aliphatic heterocycles. The van der Waals surface area contributed by atoms with Gasteiger partial charge in [-0.15, -0.1) is 0 Å². The molecule has 0 spiro atoms. The van der Waals surface area contributed by atoms with Crippen LogP contribution in [0.25, 0.3) is 10.9 Å². The van der Waals surface area contributed by atoms with Gasteiger partial charge in [-0.1, -0.05) is 36.4 Å². The molecular formula is C18H14N4O3. The molecule has 0 unspecified atom stereocenters. The Kier molecular flexibility index (Phi) is 4.66. The molecule has 0 atom stereocenters. The number of nitrogens with zero attached hydrogens (tertiary/aromatic N) is 1. The van der Waals surface area contributed by atoms with E-state index in [1.54, 1.807) is 42.5 Å². The summed E-state index contributed by atoms with van der Waals surface area (Å²) in [7, 11) is 0. The van der Waals surface area contributed by atoms with Crippen LogP contribution in [0.15, 0.2) is 70.6 Å². The van der Waals surface area contributed by atoms with Crippen LogP contribution in [-0.2, 0) is 9.59 Å². The molecule has 1 aromatic heterocycles. The van der Waals surface area contributed by atoms with Crippen molar-refractivity contribution in [2.45, 2.75) is 0 Å². The zero-order chi connectivity index (χ0) is 17.6. The van der Waals surface area contributed by atoms with Gasteiger partial charge in [0.2, 0.25) is 0 Å². The largest absolute Gasteiger partial charge is 0.329 e. The van der Waals surface area contributed by atoms with Crippen molar-refractivity contribution < 1.29 is 9.59 Å². The third-order valence-electron chi connectivity index (χ3n) is 3.39. The Morgan fingerprint density at radius 3 is 2.48 bits per heavy atom. The number of fused-ring (bicyclic) bond motifs is 1. The van der Waals surface area contributed by atoms with Crippen molar-refractivity contribution in [3.8, 4) is 0 Å². The quantitative estimate of drug-likeness (QED) is 0.385. The highest BCUT2D eigenvalue weighted by atomic mass is 16.2. The maximum Gasteiger partial charge on any atom is 0.329 e. The maximum atomic E-state index is 11.9. The smallest absolute Gasteiger partial charge is 0.321 e. The molecule has 3 N–H and O–H groups in total. The Labute approximate surface area is 142 Å². The summed E-state index contributed by atoms with van der Waals surface area (Å²) in [6.45, 7) is 0. The molecule has 0 aliphatic rings. The third-order valence-corrected chi connectivity index (χ3v) is 3.39. The molecular weight excluding hydrogens is 320 g/mol. The monoisotopic (exact) mass is 334 g/mol. The molecule has 25 heavy (non-hydrogen) atoms. The van der Waals surface area contributed by atoms with Crippen molar-refractivity contribution in [2.75, 3.05) is 5.32 Å². The van der Waals surface area contributed by atoms with Gasteiger partial charge < -0.3 is 10.3 Å². The van der Waals surface area contributed by atoms with Gasteiger partial charge in [-0.05, 0) is 29.7 Å². The lowest BCUT2D eigenvalue weighted by molar-refractivity contribution is -0.136. The number of amides is 2. The highest BCUT2D eigenvalue weighted by molar-refractivity contribution is 6.39. The lowest BCUT2D eigenvalue weighted by Crippen LogP contribution is -2.32. The highest BCUT2D eigenvalue weighted by Gasteiger charge is 2.12. The van der Waals surface area contributed by atoms with Crippen LogP contribution in [0.4, 0.5) is 5.69 Å². The minimum absolute atomic E-state index is 0.266. The molecule has 0 saturated heterocycles. The summed E-state index contributed by atoms with van der Waals surface area (Å²) in [6.07, 6.45) is 1.19. The van der Waals surface area contributed by atoms with Gasteiger partial charge in [-0.3, -0.25) is 14.4 Å². The first kappa shape index (κ1) is 16.1. The first-order valence-electron chi connectivity index (χ1n) is 7.45. The Morgan fingerprint density at radius 1 is 0.960 bits per heavy atom. The van der Waals surface area contributed by atoms with Gasteiger partial charge in [0.25, 0.3) is 5.56 Å². The van der Waals surface area contributed by atoms with Crippen molar-refractivity contribution in [3.63, 3.8) is 0 Å². The Morgan fingerprint density at radius 2 is 1.68 bits per heavy atom. The van der Waals surface area contributed by atoms with Crippen molar-refractivity contribution >= 4 is 34.6 Å². The van der Waals surface area contributed by atoms with E-state index in [1.165, 1.54) is 6.21 Å². The van der Waals surface area contributed by atoms with Gasteiger partial charge in [0.15, 0.2) is 0 Å². The number of hydrazone groups is 1. The van der Waals surface area contributed by atoms with Gasteiger partial charge in [-0.2, -0.15) is 5.10 Å². The number of benzene rings is 2. The van der Waals surface area contributed by atoms with Gasteiger partial charge in [-0.25, -0.2) is 5.43 Å². The SMILES string of the molecule is O=C(N/N=C\c1cc2ccccc2[nH]c1=O)C(=O)Nc1ccccc1. The minimum atomic E-state index is -0.933. The minimum Gasteiger partial charge on any atom is -0.321 e. The number of nitrogens with one attached hydrogen (secondary N) is 3. The van der Waals surface area contributed by atoms with Crippen molar-refractivity contribution in [1.82, 2.24) is 10.4 Å². The average Bonchev–Trinajstić information content (AvgIpc) is 2.62. The van der Waals surface area contributed by atoms with E-state index in [1.807, 2.05) is 18.2 Å².